The first kappa shape index (κ1) is 18.4. The number of hydrogen-bond donors (Lipinski definition) is 1. The van der Waals surface area contributed by atoms with E-state index in [4.69, 9.17) is 16.3 Å². The minimum Gasteiger partial charge on any atom is -0.452 e. The topological polar surface area (TPSA) is 79.2 Å². The molecule has 0 fully saturated rings. The Balaban J connectivity index is 1.63. The van der Waals surface area contributed by atoms with Crippen LogP contribution in [-0.4, -0.2) is 18.5 Å². The number of amides is 1. The first-order valence-corrected chi connectivity index (χ1v) is 9.44. The summed E-state index contributed by atoms with van der Waals surface area (Å²) in [6.45, 7) is 1.77. The molecule has 2 aromatic rings. The highest BCUT2D eigenvalue weighted by atomic mass is 35.5. The van der Waals surface area contributed by atoms with Crippen LogP contribution in [0, 0.1) is 17.2 Å². The van der Waals surface area contributed by atoms with Gasteiger partial charge in [0.25, 0.3) is 5.91 Å². The van der Waals surface area contributed by atoms with Gasteiger partial charge in [0.15, 0.2) is 6.61 Å². The minimum atomic E-state index is -0.600. The predicted molar refractivity (Wildman–Crippen MR) is 101 cm³/mol. The molecule has 0 spiro atoms. The molecule has 1 aromatic carbocycles. The lowest BCUT2D eigenvalue weighted by Crippen LogP contribution is -2.20. The standard InChI is InChI=1S/C19H17ClN2O3S/c1-11-2-7-14-15(9-21)18(26-16(14)8-11)22-17(23)10-25-19(24)12-3-5-13(20)6-4-12/h3-6,11H,2,7-8,10H2,1H3,(H,22,23). The van der Waals surface area contributed by atoms with Gasteiger partial charge in [0.05, 0.1) is 11.1 Å². The van der Waals surface area contributed by atoms with Gasteiger partial charge in [0, 0.05) is 9.90 Å². The molecule has 5 nitrogen and oxygen atoms in total. The SMILES string of the molecule is CC1CCc2c(sc(NC(=O)COC(=O)c3ccc(Cl)cc3)c2C#N)C1. The Kier molecular flexibility index (Phi) is 5.60. The Hall–Kier alpha value is -2.36. The Morgan fingerprint density at radius 1 is 1.38 bits per heavy atom. The van der Waals surface area contributed by atoms with Crippen molar-refractivity contribution in [1.82, 2.24) is 0 Å². The molecule has 0 saturated carbocycles. The molecule has 26 heavy (non-hydrogen) atoms. The number of halogens is 1. The van der Waals surface area contributed by atoms with Crippen LogP contribution in [0.25, 0.3) is 0 Å². The number of nitriles is 1. The van der Waals surface area contributed by atoms with E-state index in [1.165, 1.54) is 23.5 Å². The van der Waals surface area contributed by atoms with E-state index >= 15 is 0 Å². The van der Waals surface area contributed by atoms with E-state index in [9.17, 15) is 14.9 Å². The summed E-state index contributed by atoms with van der Waals surface area (Å²) in [6.07, 6.45) is 2.83. The Morgan fingerprint density at radius 3 is 2.81 bits per heavy atom. The number of nitrogens with zero attached hydrogens (tertiary/aromatic N) is 1. The van der Waals surface area contributed by atoms with Crippen LogP contribution in [-0.2, 0) is 22.4 Å². The molecule has 1 N–H and O–H groups in total. The molecule has 1 aliphatic carbocycles. The van der Waals surface area contributed by atoms with Crippen molar-refractivity contribution < 1.29 is 14.3 Å². The fourth-order valence-electron chi connectivity index (χ4n) is 2.92. The van der Waals surface area contributed by atoms with E-state index in [0.717, 1.165) is 29.7 Å². The van der Waals surface area contributed by atoms with Crippen LogP contribution in [0.5, 0.6) is 0 Å². The van der Waals surface area contributed by atoms with Crippen molar-refractivity contribution in [1.29, 1.82) is 5.26 Å². The minimum absolute atomic E-state index is 0.320. The second-order valence-electron chi connectivity index (χ2n) is 6.30. The number of esters is 1. The van der Waals surface area contributed by atoms with E-state index in [-0.39, 0.29) is 0 Å². The largest absolute Gasteiger partial charge is 0.452 e. The third-order valence-electron chi connectivity index (χ3n) is 4.29. The predicted octanol–water partition coefficient (Wildman–Crippen LogP) is 4.19. The molecular weight excluding hydrogens is 372 g/mol. The number of anilines is 1. The summed E-state index contributed by atoms with van der Waals surface area (Å²) >= 11 is 7.21. The average molecular weight is 389 g/mol. The van der Waals surface area contributed by atoms with Crippen molar-refractivity contribution in [3.8, 4) is 6.07 Å². The number of thiophene rings is 1. The first-order valence-electron chi connectivity index (χ1n) is 8.25. The highest BCUT2D eigenvalue weighted by Crippen LogP contribution is 2.39. The maximum Gasteiger partial charge on any atom is 0.338 e. The lowest BCUT2D eigenvalue weighted by molar-refractivity contribution is -0.119. The molecule has 0 bridgehead atoms. The van der Waals surface area contributed by atoms with Crippen molar-refractivity contribution in [2.45, 2.75) is 26.2 Å². The van der Waals surface area contributed by atoms with E-state index in [0.29, 0.717) is 27.1 Å². The zero-order chi connectivity index (χ0) is 18.7. The molecule has 134 valence electrons. The summed E-state index contributed by atoms with van der Waals surface area (Å²) in [5, 5.41) is 13.2. The van der Waals surface area contributed by atoms with Gasteiger partial charge < -0.3 is 10.1 Å². The molecule has 1 unspecified atom stereocenters. The number of rotatable bonds is 4. The Bertz CT molecular complexity index is 883. The molecule has 1 heterocycles. The quantitative estimate of drug-likeness (QED) is 0.796. The lowest BCUT2D eigenvalue weighted by Gasteiger charge is -2.17. The Morgan fingerprint density at radius 2 is 2.12 bits per heavy atom. The van der Waals surface area contributed by atoms with Gasteiger partial charge in [0.1, 0.15) is 11.1 Å². The third kappa shape index (κ3) is 4.06. The summed E-state index contributed by atoms with van der Waals surface area (Å²) in [5.41, 5.74) is 1.90. The number of carbonyl (C=O) groups is 2. The van der Waals surface area contributed by atoms with Crippen LogP contribution < -0.4 is 5.32 Å². The summed E-state index contributed by atoms with van der Waals surface area (Å²) < 4.78 is 5.02. The molecule has 0 saturated heterocycles. The van der Waals surface area contributed by atoms with Gasteiger partial charge in [0.2, 0.25) is 0 Å². The highest BCUT2D eigenvalue weighted by molar-refractivity contribution is 7.16. The van der Waals surface area contributed by atoms with Crippen molar-refractivity contribution in [3.05, 3.63) is 50.9 Å². The van der Waals surface area contributed by atoms with Gasteiger partial charge in [-0.15, -0.1) is 11.3 Å². The zero-order valence-electron chi connectivity index (χ0n) is 14.2. The number of carbonyl (C=O) groups excluding carboxylic acids is 2. The zero-order valence-corrected chi connectivity index (χ0v) is 15.7. The average Bonchev–Trinajstić information content (AvgIpc) is 2.96. The number of benzene rings is 1. The van der Waals surface area contributed by atoms with Crippen LogP contribution >= 0.6 is 22.9 Å². The monoisotopic (exact) mass is 388 g/mol. The van der Waals surface area contributed by atoms with E-state index in [2.05, 4.69) is 18.3 Å². The molecule has 1 atom stereocenters. The Labute approximate surface area is 160 Å². The molecule has 3 rings (SSSR count). The van der Waals surface area contributed by atoms with Gasteiger partial charge in [-0.1, -0.05) is 18.5 Å². The van der Waals surface area contributed by atoms with Crippen LogP contribution in [0.4, 0.5) is 5.00 Å². The fraction of sp³-hybridized carbons (Fsp3) is 0.316. The van der Waals surface area contributed by atoms with E-state index < -0.39 is 18.5 Å². The molecule has 1 aliphatic rings. The number of hydrogen-bond acceptors (Lipinski definition) is 5. The van der Waals surface area contributed by atoms with Crippen molar-refractivity contribution in [3.63, 3.8) is 0 Å². The third-order valence-corrected chi connectivity index (χ3v) is 5.71. The van der Waals surface area contributed by atoms with Gasteiger partial charge in [-0.3, -0.25) is 4.79 Å². The van der Waals surface area contributed by atoms with E-state index in [1.54, 1.807) is 12.1 Å². The van der Waals surface area contributed by atoms with Crippen molar-refractivity contribution in [2.75, 3.05) is 11.9 Å². The summed E-state index contributed by atoms with van der Waals surface area (Å²) in [4.78, 5) is 25.2. The highest BCUT2D eigenvalue weighted by Gasteiger charge is 2.24. The van der Waals surface area contributed by atoms with Gasteiger partial charge in [-0.05, 0) is 55.0 Å². The molecule has 0 radical (unpaired) electrons. The summed E-state index contributed by atoms with van der Waals surface area (Å²) in [5.74, 6) is -0.483. The lowest BCUT2D eigenvalue weighted by atomic mass is 9.89. The summed E-state index contributed by atoms with van der Waals surface area (Å²) in [7, 11) is 0. The van der Waals surface area contributed by atoms with Crippen LogP contribution in [0.2, 0.25) is 5.02 Å². The second-order valence-corrected chi connectivity index (χ2v) is 7.84. The maximum atomic E-state index is 12.1. The van der Waals surface area contributed by atoms with Crippen molar-refractivity contribution in [2.24, 2.45) is 5.92 Å². The number of ether oxygens (including phenoxy) is 1. The maximum absolute atomic E-state index is 12.1. The van der Waals surface area contributed by atoms with Crippen molar-refractivity contribution >= 4 is 39.8 Å². The second kappa shape index (κ2) is 7.90. The van der Waals surface area contributed by atoms with Gasteiger partial charge in [-0.2, -0.15) is 5.26 Å². The smallest absolute Gasteiger partial charge is 0.338 e. The van der Waals surface area contributed by atoms with Gasteiger partial charge in [-0.25, -0.2) is 4.79 Å². The number of fused-ring (bicyclic) bond motifs is 1. The van der Waals surface area contributed by atoms with Gasteiger partial charge >= 0.3 is 5.97 Å². The summed E-state index contributed by atoms with van der Waals surface area (Å²) in [6, 6.07) is 8.42. The molecule has 7 heteroatoms. The van der Waals surface area contributed by atoms with Crippen LogP contribution in [0.15, 0.2) is 24.3 Å². The fourth-order valence-corrected chi connectivity index (χ4v) is 4.42. The first-order chi connectivity index (χ1) is 12.5. The normalized spacial score (nSPS) is 15.7. The van der Waals surface area contributed by atoms with E-state index in [1.807, 2.05) is 0 Å². The molecule has 1 aromatic heterocycles. The molecular formula is C19H17ClN2O3S. The van der Waals surface area contributed by atoms with Crippen LogP contribution in [0.3, 0.4) is 0 Å². The molecule has 1 amide bonds. The number of nitrogens with one attached hydrogen (secondary N) is 1. The van der Waals surface area contributed by atoms with Crippen LogP contribution in [0.1, 0.15) is 39.7 Å². The molecule has 0 aliphatic heterocycles.